The Balaban J connectivity index is 2.16. The van der Waals surface area contributed by atoms with Crippen molar-refractivity contribution in [2.24, 2.45) is 0 Å². The Kier molecular flexibility index (Phi) is 3.71. The molecule has 0 radical (unpaired) electrons. The number of aliphatic hydroxyl groups is 1. The van der Waals surface area contributed by atoms with Gasteiger partial charge in [-0.1, -0.05) is 41.6 Å². The third kappa shape index (κ3) is 2.64. The highest BCUT2D eigenvalue weighted by Crippen LogP contribution is 2.35. The van der Waals surface area contributed by atoms with E-state index in [0.29, 0.717) is 22.5 Å². The number of hydrogen-bond donors (Lipinski definition) is 2. The lowest BCUT2D eigenvalue weighted by atomic mass is 9.94. The molecule has 0 atom stereocenters. The summed E-state index contributed by atoms with van der Waals surface area (Å²) in [6.07, 6.45) is 0. The number of aliphatic hydroxyl groups excluding tert-OH is 1. The minimum Gasteiger partial charge on any atom is -0.392 e. The number of aromatic amines is 1. The molecule has 0 fully saturated rings. The molecule has 0 aliphatic heterocycles. The smallest absolute Gasteiger partial charge is 0.260 e. The zero-order valence-corrected chi connectivity index (χ0v) is 13.6. The Morgan fingerprint density at radius 2 is 1.88 bits per heavy atom. The number of aryl methyl sites for hydroxylation is 1. The predicted octanol–water partition coefficient (Wildman–Crippen LogP) is 3.65. The average molecular weight is 332 g/mol. The van der Waals surface area contributed by atoms with Crippen LogP contribution in [0.25, 0.3) is 33.4 Å². The maximum absolute atomic E-state index is 12.8. The van der Waals surface area contributed by atoms with Gasteiger partial charge in [-0.05, 0) is 30.2 Å². The number of fused-ring (bicyclic) bond motifs is 1. The largest absolute Gasteiger partial charge is 0.392 e. The van der Waals surface area contributed by atoms with Gasteiger partial charge < -0.3 is 14.6 Å². The van der Waals surface area contributed by atoms with Gasteiger partial charge in [0.1, 0.15) is 0 Å². The van der Waals surface area contributed by atoms with Crippen LogP contribution in [0, 0.1) is 6.92 Å². The van der Waals surface area contributed by atoms with Gasteiger partial charge in [0.05, 0.1) is 17.9 Å². The van der Waals surface area contributed by atoms with Crippen LogP contribution in [0.15, 0.2) is 63.9 Å². The normalized spacial score (nSPS) is 11.1. The predicted molar refractivity (Wildman–Crippen MR) is 96.2 cm³/mol. The molecular formula is C20H16N2O3. The van der Waals surface area contributed by atoms with E-state index in [4.69, 9.17) is 4.52 Å². The van der Waals surface area contributed by atoms with E-state index in [1.54, 1.807) is 12.1 Å². The second kappa shape index (κ2) is 6.03. The Hall–Kier alpha value is -3.18. The van der Waals surface area contributed by atoms with Crippen LogP contribution in [0.2, 0.25) is 0 Å². The van der Waals surface area contributed by atoms with Gasteiger partial charge in [-0.25, -0.2) is 0 Å². The van der Waals surface area contributed by atoms with E-state index < -0.39 is 0 Å². The third-order valence-corrected chi connectivity index (χ3v) is 4.20. The molecule has 0 spiro atoms. The van der Waals surface area contributed by atoms with Crippen LogP contribution in [-0.4, -0.2) is 15.2 Å². The molecule has 2 heterocycles. The number of aromatic nitrogens is 2. The van der Waals surface area contributed by atoms with Crippen LogP contribution < -0.4 is 5.56 Å². The molecule has 0 amide bonds. The van der Waals surface area contributed by atoms with E-state index in [9.17, 15) is 9.90 Å². The number of hydrogen-bond acceptors (Lipinski definition) is 4. The lowest BCUT2D eigenvalue weighted by Crippen LogP contribution is -2.11. The topological polar surface area (TPSA) is 79.1 Å². The van der Waals surface area contributed by atoms with Crippen molar-refractivity contribution in [2.75, 3.05) is 0 Å². The van der Waals surface area contributed by atoms with Crippen LogP contribution in [0.5, 0.6) is 0 Å². The molecule has 2 aromatic heterocycles. The number of benzene rings is 2. The summed E-state index contributed by atoms with van der Waals surface area (Å²) >= 11 is 0. The monoisotopic (exact) mass is 332 g/mol. The van der Waals surface area contributed by atoms with E-state index in [1.807, 2.05) is 49.4 Å². The number of rotatable bonds is 3. The van der Waals surface area contributed by atoms with Gasteiger partial charge in [0.15, 0.2) is 5.76 Å². The maximum Gasteiger partial charge on any atom is 0.260 e. The van der Waals surface area contributed by atoms with Gasteiger partial charge in [0, 0.05) is 22.5 Å². The van der Waals surface area contributed by atoms with Crippen LogP contribution in [0.3, 0.4) is 0 Å². The van der Waals surface area contributed by atoms with Crippen LogP contribution in [-0.2, 0) is 6.61 Å². The van der Waals surface area contributed by atoms with E-state index in [1.165, 1.54) is 0 Å². The summed E-state index contributed by atoms with van der Waals surface area (Å²) in [5.41, 5.74) is 4.06. The first-order chi connectivity index (χ1) is 12.2. The molecule has 25 heavy (non-hydrogen) atoms. The first kappa shape index (κ1) is 15.4. The number of nitrogens with one attached hydrogen (secondary N) is 1. The molecule has 4 rings (SSSR count). The molecule has 2 N–H and O–H groups in total. The van der Waals surface area contributed by atoms with Crippen molar-refractivity contribution in [3.63, 3.8) is 0 Å². The van der Waals surface area contributed by atoms with E-state index in [0.717, 1.165) is 22.1 Å². The van der Waals surface area contributed by atoms with Crippen LogP contribution >= 0.6 is 0 Å². The van der Waals surface area contributed by atoms with Crippen LogP contribution in [0.1, 0.15) is 11.3 Å². The number of nitrogens with zero attached hydrogens (tertiary/aromatic N) is 1. The maximum atomic E-state index is 12.8. The second-order valence-electron chi connectivity index (χ2n) is 5.94. The van der Waals surface area contributed by atoms with Crippen molar-refractivity contribution in [2.45, 2.75) is 13.5 Å². The van der Waals surface area contributed by atoms with Gasteiger partial charge in [0.25, 0.3) is 5.56 Å². The molecular weight excluding hydrogens is 316 g/mol. The summed E-state index contributed by atoms with van der Waals surface area (Å²) < 4.78 is 5.38. The summed E-state index contributed by atoms with van der Waals surface area (Å²) in [4.78, 5) is 15.7. The zero-order valence-electron chi connectivity index (χ0n) is 13.6. The first-order valence-electron chi connectivity index (χ1n) is 7.96. The highest BCUT2D eigenvalue weighted by molar-refractivity contribution is 6.01. The van der Waals surface area contributed by atoms with E-state index in [-0.39, 0.29) is 12.2 Å². The van der Waals surface area contributed by atoms with Gasteiger partial charge in [-0.15, -0.1) is 0 Å². The minimum absolute atomic E-state index is 0.0694. The number of H-pyrrole nitrogens is 1. The van der Waals surface area contributed by atoms with Crippen molar-refractivity contribution in [3.05, 3.63) is 76.2 Å². The molecule has 5 nitrogen and oxygen atoms in total. The Morgan fingerprint density at radius 1 is 1.08 bits per heavy atom. The molecule has 0 aliphatic rings. The fourth-order valence-corrected chi connectivity index (χ4v) is 3.06. The molecule has 0 aliphatic carbocycles. The lowest BCUT2D eigenvalue weighted by Gasteiger charge is -2.12. The Bertz CT molecular complexity index is 1110. The van der Waals surface area contributed by atoms with Crippen molar-refractivity contribution in [1.82, 2.24) is 10.1 Å². The molecule has 2 aromatic carbocycles. The molecule has 0 bridgehead atoms. The molecule has 0 saturated heterocycles. The van der Waals surface area contributed by atoms with Crippen LogP contribution in [0.4, 0.5) is 0 Å². The Labute approximate surface area is 143 Å². The van der Waals surface area contributed by atoms with Crippen molar-refractivity contribution in [1.29, 1.82) is 0 Å². The van der Waals surface area contributed by atoms with Gasteiger partial charge in [-0.3, -0.25) is 4.79 Å². The average Bonchev–Trinajstić information content (AvgIpc) is 3.06. The third-order valence-electron chi connectivity index (χ3n) is 4.20. The second-order valence-corrected chi connectivity index (χ2v) is 5.94. The SMILES string of the molecule is Cc1cc(-c2c(-c3ccccc3)c3cc(CO)ccc3[nH]c2=O)on1. The highest BCUT2D eigenvalue weighted by atomic mass is 16.5. The van der Waals surface area contributed by atoms with Crippen molar-refractivity contribution < 1.29 is 9.63 Å². The summed E-state index contributed by atoms with van der Waals surface area (Å²) in [5.74, 6) is 0.425. The van der Waals surface area contributed by atoms with E-state index >= 15 is 0 Å². The van der Waals surface area contributed by atoms with Gasteiger partial charge >= 0.3 is 0 Å². The fraction of sp³-hybridized carbons (Fsp3) is 0.100. The standard InChI is InChI=1S/C20H16N2O3/c1-12-9-17(25-22-12)19-18(14-5-3-2-4-6-14)15-10-13(11-23)7-8-16(15)21-20(19)24/h2-10,23H,11H2,1H3,(H,21,24). The Morgan fingerprint density at radius 3 is 2.56 bits per heavy atom. The first-order valence-corrected chi connectivity index (χ1v) is 7.96. The summed E-state index contributed by atoms with van der Waals surface area (Å²) in [7, 11) is 0. The molecule has 0 unspecified atom stereocenters. The summed E-state index contributed by atoms with van der Waals surface area (Å²) in [5, 5.41) is 14.3. The lowest BCUT2D eigenvalue weighted by molar-refractivity contribution is 0.282. The summed E-state index contributed by atoms with van der Waals surface area (Å²) in [6.45, 7) is 1.74. The summed E-state index contributed by atoms with van der Waals surface area (Å²) in [6, 6.07) is 16.9. The highest BCUT2D eigenvalue weighted by Gasteiger charge is 2.19. The molecule has 0 saturated carbocycles. The molecule has 5 heteroatoms. The minimum atomic E-state index is -0.237. The van der Waals surface area contributed by atoms with Gasteiger partial charge in [-0.2, -0.15) is 0 Å². The number of pyridine rings is 1. The fourth-order valence-electron chi connectivity index (χ4n) is 3.06. The van der Waals surface area contributed by atoms with Crippen molar-refractivity contribution in [3.8, 4) is 22.5 Å². The van der Waals surface area contributed by atoms with Crippen molar-refractivity contribution >= 4 is 10.9 Å². The van der Waals surface area contributed by atoms with E-state index in [2.05, 4.69) is 10.1 Å². The quantitative estimate of drug-likeness (QED) is 0.600. The van der Waals surface area contributed by atoms with Gasteiger partial charge in [0.2, 0.25) is 0 Å². The zero-order chi connectivity index (χ0) is 17.4. The molecule has 124 valence electrons. The molecule has 4 aromatic rings.